The number of carbonyl (C=O) groups is 2. The van der Waals surface area contributed by atoms with Crippen molar-refractivity contribution in [3.05, 3.63) is 156 Å². The van der Waals surface area contributed by atoms with Crippen molar-refractivity contribution in [2.45, 2.75) is 70.6 Å². The van der Waals surface area contributed by atoms with E-state index < -0.39 is 25.7 Å². The molecule has 1 saturated heterocycles. The van der Waals surface area contributed by atoms with Crippen LogP contribution in [0.5, 0.6) is 0 Å². The number of hydrogen-bond acceptors (Lipinski definition) is 5. The standard InChI is InChI=1S/C41H43N3O3Si.C4H10O/c1-40(2,3)48(4,5)47-27-29-26-34-37(36-35(29)38(45)44(39(36)46)33-24-16-9-17-25-33)42-28-43(34)41(30-18-10-6-11-19-30,31-20-12-7-13-21-31)32-22-14-8-15-23-32;1-3-5-4-2/h6-25,28-29,35-36H,26-27H2,1-5H3;3-4H2,1-2H3/t29-,35+,36+;/m1./s1. The molecule has 0 saturated carbocycles. The maximum absolute atomic E-state index is 14.5. The summed E-state index contributed by atoms with van der Waals surface area (Å²) in [5, 5.41) is 0.00264. The minimum Gasteiger partial charge on any atom is -0.417 e. The molecule has 1 fully saturated rings. The molecule has 276 valence electrons. The summed E-state index contributed by atoms with van der Waals surface area (Å²) in [4.78, 5) is 35.4. The van der Waals surface area contributed by atoms with Crippen LogP contribution in [0.1, 0.15) is 68.6 Å². The second-order valence-electron chi connectivity index (χ2n) is 15.4. The van der Waals surface area contributed by atoms with Crippen molar-refractivity contribution in [1.82, 2.24) is 9.55 Å². The summed E-state index contributed by atoms with van der Waals surface area (Å²) in [6, 6.07) is 40.8. The van der Waals surface area contributed by atoms with E-state index in [2.05, 4.69) is 111 Å². The van der Waals surface area contributed by atoms with Crippen LogP contribution in [0.3, 0.4) is 0 Å². The monoisotopic (exact) mass is 727 g/mol. The number of carbonyl (C=O) groups excluding carboxylic acids is 2. The second kappa shape index (κ2) is 15.8. The molecule has 0 spiro atoms. The van der Waals surface area contributed by atoms with Crippen molar-refractivity contribution in [1.29, 1.82) is 0 Å². The molecule has 4 aromatic carbocycles. The highest BCUT2D eigenvalue weighted by molar-refractivity contribution is 6.74. The van der Waals surface area contributed by atoms with E-state index in [1.54, 1.807) is 0 Å². The smallest absolute Gasteiger partial charge is 0.243 e. The Balaban J connectivity index is 0.000000902. The average Bonchev–Trinajstić information content (AvgIpc) is 3.70. The number of rotatable bonds is 10. The quantitative estimate of drug-likeness (QED) is 0.0815. The van der Waals surface area contributed by atoms with Crippen LogP contribution in [0.25, 0.3) is 0 Å². The van der Waals surface area contributed by atoms with Crippen molar-refractivity contribution in [2.24, 2.45) is 11.8 Å². The lowest BCUT2D eigenvalue weighted by Gasteiger charge is -2.41. The maximum Gasteiger partial charge on any atom is 0.243 e. The fraction of sp³-hybridized carbons (Fsp3) is 0.356. The number of para-hydroxylation sites is 1. The van der Waals surface area contributed by atoms with E-state index in [0.717, 1.165) is 35.6 Å². The highest BCUT2D eigenvalue weighted by Crippen LogP contribution is 2.50. The number of benzene rings is 4. The zero-order valence-corrected chi connectivity index (χ0v) is 33.2. The molecule has 0 N–H and O–H groups in total. The zero-order valence-electron chi connectivity index (χ0n) is 32.2. The van der Waals surface area contributed by atoms with Crippen molar-refractivity contribution >= 4 is 25.8 Å². The van der Waals surface area contributed by atoms with Gasteiger partial charge in [0, 0.05) is 25.5 Å². The van der Waals surface area contributed by atoms with Crippen molar-refractivity contribution in [3.63, 3.8) is 0 Å². The van der Waals surface area contributed by atoms with Gasteiger partial charge in [-0.1, -0.05) is 130 Å². The summed E-state index contributed by atoms with van der Waals surface area (Å²) in [6.45, 7) is 17.2. The molecule has 2 aliphatic rings. The Morgan fingerprint density at radius 2 is 1.19 bits per heavy atom. The first-order chi connectivity index (χ1) is 25.5. The molecular formula is C45H53N3O4Si. The summed E-state index contributed by atoms with van der Waals surface area (Å²) in [5.74, 6) is -1.85. The topological polar surface area (TPSA) is 73.7 Å². The van der Waals surface area contributed by atoms with Crippen LogP contribution in [0.4, 0.5) is 5.69 Å². The number of amides is 2. The Hall–Kier alpha value is -4.63. The molecule has 1 aromatic heterocycles. The first kappa shape index (κ1) is 38.1. The predicted molar refractivity (Wildman–Crippen MR) is 215 cm³/mol. The van der Waals surface area contributed by atoms with Gasteiger partial charge in [-0.05, 0) is 73.1 Å². The Bertz CT molecular complexity index is 1880. The van der Waals surface area contributed by atoms with Crippen LogP contribution in [0.2, 0.25) is 18.1 Å². The van der Waals surface area contributed by atoms with Crippen molar-refractivity contribution in [3.8, 4) is 0 Å². The number of imidazole rings is 1. The molecule has 1 aliphatic carbocycles. The third kappa shape index (κ3) is 7.08. The predicted octanol–water partition coefficient (Wildman–Crippen LogP) is 9.23. The summed E-state index contributed by atoms with van der Waals surface area (Å²) < 4.78 is 14.0. The highest BCUT2D eigenvalue weighted by atomic mass is 28.4. The van der Waals surface area contributed by atoms with Gasteiger partial charge in [-0.3, -0.25) is 9.59 Å². The average molecular weight is 728 g/mol. The molecule has 0 radical (unpaired) electrons. The van der Waals surface area contributed by atoms with Gasteiger partial charge in [-0.25, -0.2) is 9.88 Å². The lowest BCUT2D eigenvalue weighted by atomic mass is 9.72. The fourth-order valence-corrected chi connectivity index (χ4v) is 8.72. The Labute approximate surface area is 316 Å². The van der Waals surface area contributed by atoms with Gasteiger partial charge in [-0.15, -0.1) is 0 Å². The molecule has 5 aromatic rings. The van der Waals surface area contributed by atoms with Crippen LogP contribution >= 0.6 is 0 Å². The van der Waals surface area contributed by atoms with E-state index in [0.29, 0.717) is 24.4 Å². The number of nitrogens with zero attached hydrogens (tertiary/aromatic N) is 3. The van der Waals surface area contributed by atoms with E-state index in [9.17, 15) is 9.59 Å². The first-order valence-corrected chi connectivity index (χ1v) is 21.8. The van der Waals surface area contributed by atoms with E-state index in [4.69, 9.17) is 14.1 Å². The number of anilines is 1. The molecule has 2 heterocycles. The van der Waals surface area contributed by atoms with Gasteiger partial charge in [0.1, 0.15) is 5.54 Å². The number of fused-ring (bicyclic) bond motifs is 3. The normalized spacial score (nSPS) is 18.6. The van der Waals surface area contributed by atoms with Gasteiger partial charge in [0.2, 0.25) is 11.8 Å². The minimum atomic E-state index is -2.17. The molecule has 8 heteroatoms. The van der Waals surface area contributed by atoms with Gasteiger partial charge in [-0.2, -0.15) is 0 Å². The van der Waals surface area contributed by atoms with Crippen LogP contribution < -0.4 is 4.90 Å². The number of aromatic nitrogens is 2. The SMILES string of the molecule is CC(C)(C)[Si](C)(C)OC[C@H]1Cc2c(ncn2C(c2ccccc2)(c2ccccc2)c2ccccc2)[C@H]2C(=O)N(c3ccccc3)C(=O)[C@@H]12.CCOCC. The molecular weight excluding hydrogens is 675 g/mol. The molecule has 1 aliphatic heterocycles. The molecule has 7 rings (SSSR count). The summed E-state index contributed by atoms with van der Waals surface area (Å²) >= 11 is 0. The number of imide groups is 1. The van der Waals surface area contributed by atoms with Gasteiger partial charge in [0.15, 0.2) is 8.32 Å². The number of ether oxygens (including phenoxy) is 1. The van der Waals surface area contributed by atoms with Crippen molar-refractivity contribution < 1.29 is 18.8 Å². The van der Waals surface area contributed by atoms with Crippen molar-refractivity contribution in [2.75, 3.05) is 24.7 Å². The molecule has 0 bridgehead atoms. The van der Waals surface area contributed by atoms with Gasteiger partial charge >= 0.3 is 0 Å². The third-order valence-electron chi connectivity index (χ3n) is 11.3. The fourth-order valence-electron chi connectivity index (χ4n) is 7.65. The van der Waals surface area contributed by atoms with Crippen LogP contribution in [0.15, 0.2) is 128 Å². The molecule has 3 atom stereocenters. The second-order valence-corrected chi connectivity index (χ2v) is 20.2. The molecule has 0 unspecified atom stereocenters. The largest absolute Gasteiger partial charge is 0.417 e. The summed E-state index contributed by atoms with van der Waals surface area (Å²) in [6.07, 6.45) is 2.45. The van der Waals surface area contributed by atoms with E-state index in [-0.39, 0.29) is 22.8 Å². The van der Waals surface area contributed by atoms with Crippen LogP contribution in [0, 0.1) is 11.8 Å². The Morgan fingerprint density at radius 1 is 0.717 bits per heavy atom. The molecule has 2 amide bonds. The molecule has 53 heavy (non-hydrogen) atoms. The minimum absolute atomic E-state index is 0.00264. The highest BCUT2D eigenvalue weighted by Gasteiger charge is 2.57. The Kier molecular flexibility index (Phi) is 11.3. The third-order valence-corrected chi connectivity index (χ3v) is 15.8. The lowest BCUT2D eigenvalue weighted by Crippen LogP contribution is -2.45. The summed E-state index contributed by atoms with van der Waals surface area (Å²) in [5.41, 5.74) is 4.71. The zero-order chi connectivity index (χ0) is 37.8. The van der Waals surface area contributed by atoms with Gasteiger partial charge in [0.25, 0.3) is 0 Å². The van der Waals surface area contributed by atoms with Gasteiger partial charge in [0.05, 0.1) is 29.5 Å². The molecule has 7 nitrogen and oxygen atoms in total. The van der Waals surface area contributed by atoms with E-state index in [1.807, 2.05) is 68.7 Å². The van der Waals surface area contributed by atoms with Crippen LogP contribution in [-0.4, -0.2) is 49.5 Å². The maximum atomic E-state index is 14.5. The summed E-state index contributed by atoms with van der Waals surface area (Å²) in [7, 11) is -2.17. The first-order valence-electron chi connectivity index (χ1n) is 18.8. The van der Waals surface area contributed by atoms with E-state index >= 15 is 0 Å². The van der Waals surface area contributed by atoms with Crippen LogP contribution in [-0.2, 0) is 30.7 Å². The number of hydrogen-bond donors (Lipinski definition) is 0. The lowest BCUT2D eigenvalue weighted by molar-refractivity contribution is -0.123. The van der Waals surface area contributed by atoms with E-state index in [1.165, 1.54) is 4.90 Å². The van der Waals surface area contributed by atoms with Gasteiger partial charge < -0.3 is 13.7 Å². The Morgan fingerprint density at radius 3 is 1.62 bits per heavy atom.